The van der Waals surface area contributed by atoms with Gasteiger partial charge in [-0.15, -0.1) is 0 Å². The van der Waals surface area contributed by atoms with E-state index in [1.54, 1.807) is 11.6 Å². The van der Waals surface area contributed by atoms with E-state index in [1.807, 2.05) is 31.2 Å². The van der Waals surface area contributed by atoms with Gasteiger partial charge < -0.3 is 14.8 Å². The van der Waals surface area contributed by atoms with Gasteiger partial charge in [-0.3, -0.25) is 0 Å². The lowest BCUT2D eigenvalue weighted by Gasteiger charge is -2.28. The fourth-order valence-corrected chi connectivity index (χ4v) is 2.77. The molecule has 1 unspecified atom stereocenters. The third-order valence-corrected chi connectivity index (χ3v) is 3.78. The molecule has 1 aliphatic rings. The average Bonchev–Trinajstić information content (AvgIpc) is 3.07. The highest BCUT2D eigenvalue weighted by Gasteiger charge is 2.36. The average molecular weight is 341 g/mol. The number of carbonyl (C=O) groups excluding carboxylic acids is 1. The van der Waals surface area contributed by atoms with Gasteiger partial charge in [-0.05, 0) is 30.3 Å². The lowest BCUT2D eigenvalue weighted by molar-refractivity contribution is -0.138. The van der Waals surface area contributed by atoms with Crippen LogP contribution in [-0.2, 0) is 9.53 Å². The van der Waals surface area contributed by atoms with E-state index in [0.29, 0.717) is 29.6 Å². The van der Waals surface area contributed by atoms with Gasteiger partial charge in [0.15, 0.2) is 0 Å². The lowest BCUT2D eigenvalue weighted by Crippen LogP contribution is -2.30. The Morgan fingerprint density at radius 1 is 1.44 bits per heavy atom. The molecule has 0 fully saturated rings. The molecule has 2 aromatic rings. The summed E-state index contributed by atoms with van der Waals surface area (Å²) in [5, 5.41) is 14.7. The quantitative estimate of drug-likeness (QED) is 0.635. The van der Waals surface area contributed by atoms with Crippen LogP contribution in [0.3, 0.4) is 0 Å². The van der Waals surface area contributed by atoms with E-state index in [2.05, 4.69) is 27.4 Å². The molecule has 3 rings (SSSR count). The molecule has 1 aromatic heterocycles. The van der Waals surface area contributed by atoms with Crippen LogP contribution in [-0.4, -0.2) is 39.4 Å². The van der Waals surface area contributed by atoms with Crippen LogP contribution in [0.4, 0.5) is 5.95 Å². The van der Waals surface area contributed by atoms with E-state index >= 15 is 0 Å². The number of benzene rings is 1. The van der Waals surface area contributed by atoms with Gasteiger partial charge in [-0.25, -0.2) is 4.79 Å². The highest BCUT2D eigenvalue weighted by molar-refractivity contribution is 5.92. The molecule has 0 amide bonds. The number of fused-ring (bicyclic) bond motifs is 1. The molecule has 25 heavy (non-hydrogen) atoms. The summed E-state index contributed by atoms with van der Waals surface area (Å²) in [5.74, 6) is 0.664. The van der Waals surface area contributed by atoms with Crippen molar-refractivity contribution in [3.8, 4) is 5.75 Å². The van der Waals surface area contributed by atoms with Crippen molar-refractivity contribution in [3.63, 3.8) is 0 Å². The van der Waals surface area contributed by atoms with Crippen LogP contribution < -0.4 is 10.1 Å². The Balaban J connectivity index is 2.13. The molecular weight excluding hydrogens is 322 g/mol. The van der Waals surface area contributed by atoms with Gasteiger partial charge >= 0.3 is 5.97 Å². The van der Waals surface area contributed by atoms with Crippen molar-refractivity contribution in [2.75, 3.05) is 18.5 Å². The van der Waals surface area contributed by atoms with Crippen molar-refractivity contribution in [2.45, 2.75) is 19.9 Å². The standard InChI is InChI=1S/C17H19N5O3/c1-4-10-25-16(23)14-11(3)18-17-19-20-21-22(17)15(14)12-8-6-7-9-13(12)24-5-2/h4,6-9,15H,1,5,10H2,2-3H3,(H,18,19,21). The van der Waals surface area contributed by atoms with E-state index in [0.717, 1.165) is 5.56 Å². The number of nitrogens with zero attached hydrogens (tertiary/aromatic N) is 4. The fourth-order valence-electron chi connectivity index (χ4n) is 2.77. The molecule has 0 radical (unpaired) electrons. The number of nitrogens with one attached hydrogen (secondary N) is 1. The Morgan fingerprint density at radius 2 is 2.24 bits per heavy atom. The second-order valence-electron chi connectivity index (χ2n) is 5.37. The molecule has 2 heterocycles. The predicted octanol–water partition coefficient (Wildman–Crippen LogP) is 2.09. The minimum Gasteiger partial charge on any atom is -0.494 e. The third-order valence-electron chi connectivity index (χ3n) is 3.78. The van der Waals surface area contributed by atoms with E-state index in [1.165, 1.54) is 6.08 Å². The Morgan fingerprint density at radius 3 is 3.00 bits per heavy atom. The molecule has 0 saturated carbocycles. The van der Waals surface area contributed by atoms with Crippen LogP contribution in [0.1, 0.15) is 25.5 Å². The largest absolute Gasteiger partial charge is 0.494 e. The fraction of sp³-hybridized carbons (Fsp3) is 0.294. The van der Waals surface area contributed by atoms with Crippen LogP contribution in [0, 0.1) is 0 Å². The Bertz CT molecular complexity index is 827. The van der Waals surface area contributed by atoms with Crippen molar-refractivity contribution in [2.24, 2.45) is 0 Å². The first-order valence-electron chi connectivity index (χ1n) is 7.92. The van der Waals surface area contributed by atoms with Crippen molar-refractivity contribution >= 4 is 11.9 Å². The summed E-state index contributed by atoms with van der Waals surface area (Å²) in [6, 6.07) is 6.95. The molecule has 8 nitrogen and oxygen atoms in total. The van der Waals surface area contributed by atoms with Gasteiger partial charge in [0.05, 0.1) is 12.2 Å². The molecule has 0 aliphatic carbocycles. The van der Waals surface area contributed by atoms with E-state index in [-0.39, 0.29) is 6.61 Å². The normalized spacial score (nSPS) is 16.0. The van der Waals surface area contributed by atoms with Crippen molar-refractivity contribution in [1.82, 2.24) is 20.2 Å². The second kappa shape index (κ2) is 7.16. The van der Waals surface area contributed by atoms with Crippen molar-refractivity contribution < 1.29 is 14.3 Å². The SMILES string of the molecule is C=CCOC(=O)C1=C(C)Nc2nnnn2C1c1ccccc1OCC. The highest BCUT2D eigenvalue weighted by Crippen LogP contribution is 2.38. The molecule has 1 aliphatic heterocycles. The summed E-state index contributed by atoms with van der Waals surface area (Å²) < 4.78 is 12.6. The molecule has 0 saturated heterocycles. The predicted molar refractivity (Wildman–Crippen MR) is 91.0 cm³/mol. The van der Waals surface area contributed by atoms with Crippen LogP contribution in [0.5, 0.6) is 5.75 Å². The number of carbonyl (C=O) groups is 1. The third kappa shape index (κ3) is 3.10. The summed E-state index contributed by atoms with van der Waals surface area (Å²) >= 11 is 0. The molecular formula is C17H19N5O3. The van der Waals surface area contributed by atoms with Gasteiger partial charge in [0.1, 0.15) is 18.4 Å². The van der Waals surface area contributed by atoms with Crippen molar-refractivity contribution in [3.05, 3.63) is 53.8 Å². The summed E-state index contributed by atoms with van der Waals surface area (Å²) in [4.78, 5) is 12.7. The Labute approximate surface area is 145 Å². The maximum Gasteiger partial charge on any atom is 0.338 e. The van der Waals surface area contributed by atoms with Gasteiger partial charge in [0, 0.05) is 11.3 Å². The topological polar surface area (TPSA) is 91.2 Å². The number of tetrazole rings is 1. The van der Waals surface area contributed by atoms with Gasteiger partial charge in [-0.1, -0.05) is 36.0 Å². The number of hydrogen-bond acceptors (Lipinski definition) is 7. The summed E-state index contributed by atoms with van der Waals surface area (Å²) in [5.41, 5.74) is 1.84. The minimum atomic E-state index is -0.550. The number of anilines is 1. The maximum atomic E-state index is 12.7. The monoisotopic (exact) mass is 341 g/mol. The zero-order chi connectivity index (χ0) is 17.8. The van der Waals surface area contributed by atoms with E-state index in [4.69, 9.17) is 9.47 Å². The molecule has 0 spiro atoms. The number of hydrogen-bond donors (Lipinski definition) is 1. The first-order valence-corrected chi connectivity index (χ1v) is 7.92. The van der Waals surface area contributed by atoms with Crippen LogP contribution >= 0.6 is 0 Å². The molecule has 1 atom stereocenters. The molecule has 1 N–H and O–H groups in total. The van der Waals surface area contributed by atoms with Crippen LogP contribution in [0.2, 0.25) is 0 Å². The summed E-state index contributed by atoms with van der Waals surface area (Å²) in [6.07, 6.45) is 1.52. The summed E-state index contributed by atoms with van der Waals surface area (Å²) in [6.45, 7) is 7.90. The van der Waals surface area contributed by atoms with E-state index < -0.39 is 12.0 Å². The lowest BCUT2D eigenvalue weighted by atomic mass is 9.95. The zero-order valence-corrected chi connectivity index (χ0v) is 14.1. The number of rotatable bonds is 6. The first-order chi connectivity index (χ1) is 12.2. The van der Waals surface area contributed by atoms with Crippen LogP contribution in [0.15, 0.2) is 48.2 Å². The number of esters is 1. The van der Waals surface area contributed by atoms with Crippen LogP contribution in [0.25, 0.3) is 0 Å². The zero-order valence-electron chi connectivity index (χ0n) is 14.1. The smallest absolute Gasteiger partial charge is 0.338 e. The second-order valence-corrected chi connectivity index (χ2v) is 5.37. The number of allylic oxidation sites excluding steroid dienone is 1. The molecule has 130 valence electrons. The number of para-hydroxylation sites is 1. The number of ether oxygens (including phenoxy) is 2. The van der Waals surface area contributed by atoms with Gasteiger partial charge in [-0.2, -0.15) is 4.68 Å². The highest BCUT2D eigenvalue weighted by atomic mass is 16.5. The molecule has 0 bridgehead atoms. The minimum absolute atomic E-state index is 0.123. The maximum absolute atomic E-state index is 12.7. The number of aromatic nitrogens is 4. The summed E-state index contributed by atoms with van der Waals surface area (Å²) in [7, 11) is 0. The van der Waals surface area contributed by atoms with E-state index in [9.17, 15) is 4.79 Å². The molecule has 1 aromatic carbocycles. The Kier molecular flexibility index (Phi) is 4.78. The van der Waals surface area contributed by atoms with Crippen molar-refractivity contribution in [1.29, 1.82) is 0 Å². The van der Waals surface area contributed by atoms with Gasteiger partial charge in [0.25, 0.3) is 0 Å². The van der Waals surface area contributed by atoms with Gasteiger partial charge in [0.2, 0.25) is 5.95 Å². The molecule has 8 heteroatoms. The Hall–Kier alpha value is -3.16. The first kappa shape index (κ1) is 16.7.